The van der Waals surface area contributed by atoms with Crippen LogP contribution in [0.15, 0.2) is 47.5 Å². The first kappa shape index (κ1) is 20.2. The van der Waals surface area contributed by atoms with E-state index in [4.69, 9.17) is 4.74 Å². The van der Waals surface area contributed by atoms with Gasteiger partial charge in [-0.25, -0.2) is 0 Å². The van der Waals surface area contributed by atoms with Gasteiger partial charge in [0.25, 0.3) is 5.91 Å². The number of carbonyl (C=O) groups is 3. The number of carbonyl (C=O) groups excluding carboxylic acids is 3. The molecular weight excluding hydrogens is 493 g/mol. The summed E-state index contributed by atoms with van der Waals surface area (Å²) in [5, 5.41) is 2.72. The lowest BCUT2D eigenvalue weighted by Crippen LogP contribution is -2.22. The molecule has 0 aliphatic carbocycles. The average molecular weight is 509 g/mol. The van der Waals surface area contributed by atoms with Crippen LogP contribution in [0.3, 0.4) is 0 Å². The van der Waals surface area contributed by atoms with Crippen LogP contribution < -0.4 is 10.1 Å². The van der Waals surface area contributed by atoms with Gasteiger partial charge in [-0.15, -0.1) is 0 Å². The second kappa shape index (κ2) is 8.65. The Balaban J connectivity index is 2.14. The molecule has 3 aromatic rings. The lowest BCUT2D eigenvalue weighted by atomic mass is 10.2. The first-order valence-corrected chi connectivity index (χ1v) is 10.1. The minimum atomic E-state index is -0.450. The Labute approximate surface area is 178 Å². The molecule has 0 aliphatic heterocycles. The standard InChI is InChI=1S/C19H16IN3O4S/c1-11(24)21-12-7-8-15-16(9-12)28-19(23(15)10-17(25)27-2)22-18(26)13-5-3-4-6-14(13)20/h3-9H,10H2,1-2H3,(H,21,24). The van der Waals surface area contributed by atoms with E-state index in [9.17, 15) is 14.4 Å². The van der Waals surface area contributed by atoms with Crippen LogP contribution in [0.4, 0.5) is 5.69 Å². The third-order valence-electron chi connectivity index (χ3n) is 3.82. The molecule has 2 amide bonds. The smallest absolute Gasteiger partial charge is 0.325 e. The molecule has 7 nitrogen and oxygen atoms in total. The van der Waals surface area contributed by atoms with Crippen LogP contribution in [-0.4, -0.2) is 29.5 Å². The Morgan fingerprint density at radius 1 is 1.21 bits per heavy atom. The number of methoxy groups -OCH3 is 1. The molecule has 0 fully saturated rings. The van der Waals surface area contributed by atoms with Crippen molar-refractivity contribution in [2.45, 2.75) is 13.5 Å². The van der Waals surface area contributed by atoms with Crippen LogP contribution in [0.5, 0.6) is 0 Å². The zero-order valence-electron chi connectivity index (χ0n) is 15.1. The molecule has 0 saturated heterocycles. The third kappa shape index (κ3) is 4.47. The van der Waals surface area contributed by atoms with Gasteiger partial charge in [-0.1, -0.05) is 23.5 Å². The summed E-state index contributed by atoms with van der Waals surface area (Å²) >= 11 is 3.34. The molecule has 2 aromatic carbocycles. The molecule has 9 heteroatoms. The second-order valence-electron chi connectivity index (χ2n) is 5.81. The minimum absolute atomic E-state index is 0.0754. The van der Waals surface area contributed by atoms with Gasteiger partial charge in [0.2, 0.25) is 5.91 Å². The maximum absolute atomic E-state index is 12.7. The molecule has 1 N–H and O–H groups in total. The zero-order valence-corrected chi connectivity index (χ0v) is 18.0. The molecule has 0 aliphatic rings. The normalized spacial score (nSPS) is 11.5. The van der Waals surface area contributed by atoms with Crippen LogP contribution >= 0.6 is 33.9 Å². The van der Waals surface area contributed by atoms with Gasteiger partial charge in [0, 0.05) is 16.2 Å². The van der Waals surface area contributed by atoms with Crippen LogP contribution in [-0.2, 0) is 20.9 Å². The number of amides is 2. The van der Waals surface area contributed by atoms with Crippen LogP contribution in [0.25, 0.3) is 10.2 Å². The Hall–Kier alpha value is -2.53. The highest BCUT2D eigenvalue weighted by Crippen LogP contribution is 2.22. The lowest BCUT2D eigenvalue weighted by molar-refractivity contribution is -0.141. The number of aromatic nitrogens is 1. The summed E-state index contributed by atoms with van der Waals surface area (Å²) in [4.78, 5) is 40.5. The molecule has 0 spiro atoms. The maximum atomic E-state index is 12.7. The Kier molecular flexibility index (Phi) is 6.25. The molecule has 0 saturated carbocycles. The number of benzene rings is 2. The SMILES string of the molecule is COC(=O)Cn1c(=NC(=O)c2ccccc2I)sc2cc(NC(C)=O)ccc21. The summed E-state index contributed by atoms with van der Waals surface area (Å²) in [6.07, 6.45) is 0. The van der Waals surface area contributed by atoms with Crippen molar-refractivity contribution in [3.8, 4) is 0 Å². The molecule has 3 rings (SSSR count). The number of rotatable bonds is 4. The number of anilines is 1. The van der Waals surface area contributed by atoms with Crippen LogP contribution in [0, 0.1) is 3.57 Å². The van der Waals surface area contributed by atoms with E-state index < -0.39 is 11.9 Å². The van der Waals surface area contributed by atoms with Gasteiger partial charge in [-0.05, 0) is 52.9 Å². The Bertz CT molecular complexity index is 1150. The van der Waals surface area contributed by atoms with E-state index in [1.165, 1.54) is 25.4 Å². The first-order chi connectivity index (χ1) is 13.4. The quantitative estimate of drug-likeness (QED) is 0.432. The van der Waals surface area contributed by atoms with E-state index in [0.717, 1.165) is 13.8 Å². The van der Waals surface area contributed by atoms with E-state index >= 15 is 0 Å². The van der Waals surface area contributed by atoms with Gasteiger partial charge in [0.15, 0.2) is 4.80 Å². The third-order valence-corrected chi connectivity index (χ3v) is 5.80. The Morgan fingerprint density at radius 2 is 1.96 bits per heavy atom. The van der Waals surface area contributed by atoms with Crippen molar-refractivity contribution in [2.75, 3.05) is 12.4 Å². The number of ether oxygens (including phenoxy) is 1. The number of hydrogen-bond acceptors (Lipinski definition) is 5. The number of nitrogens with one attached hydrogen (secondary N) is 1. The number of fused-ring (bicyclic) bond motifs is 1. The predicted octanol–water partition coefficient (Wildman–Crippen LogP) is 3.18. The minimum Gasteiger partial charge on any atom is -0.468 e. The highest BCUT2D eigenvalue weighted by Gasteiger charge is 2.14. The van der Waals surface area contributed by atoms with Gasteiger partial charge in [-0.3, -0.25) is 14.4 Å². The summed E-state index contributed by atoms with van der Waals surface area (Å²) in [6.45, 7) is 1.35. The Morgan fingerprint density at radius 3 is 2.64 bits per heavy atom. The van der Waals surface area contributed by atoms with Crippen molar-refractivity contribution >= 4 is 67.6 Å². The van der Waals surface area contributed by atoms with E-state index in [1.807, 2.05) is 12.1 Å². The summed E-state index contributed by atoms with van der Waals surface area (Å²) in [6, 6.07) is 12.4. The topological polar surface area (TPSA) is 89.8 Å². The summed E-state index contributed by atoms with van der Waals surface area (Å²) in [7, 11) is 1.31. The van der Waals surface area contributed by atoms with Gasteiger partial charge >= 0.3 is 5.97 Å². The van der Waals surface area contributed by atoms with E-state index in [1.54, 1.807) is 34.9 Å². The van der Waals surface area contributed by atoms with Crippen molar-refractivity contribution in [3.63, 3.8) is 0 Å². The molecule has 0 bridgehead atoms. The summed E-state index contributed by atoms with van der Waals surface area (Å²) in [5.74, 6) is -1.02. The molecule has 0 unspecified atom stereocenters. The molecule has 1 heterocycles. The molecule has 28 heavy (non-hydrogen) atoms. The largest absolute Gasteiger partial charge is 0.468 e. The number of halogens is 1. The fourth-order valence-corrected chi connectivity index (χ4v) is 4.25. The average Bonchev–Trinajstić information content (AvgIpc) is 2.97. The fraction of sp³-hybridized carbons (Fsp3) is 0.158. The van der Waals surface area contributed by atoms with E-state index in [2.05, 4.69) is 32.9 Å². The van der Waals surface area contributed by atoms with Gasteiger partial charge in [0.05, 0.1) is 22.9 Å². The van der Waals surface area contributed by atoms with Crippen molar-refractivity contribution in [1.82, 2.24) is 4.57 Å². The lowest BCUT2D eigenvalue weighted by Gasteiger charge is -2.05. The van der Waals surface area contributed by atoms with Crippen molar-refractivity contribution in [3.05, 3.63) is 56.4 Å². The second-order valence-corrected chi connectivity index (χ2v) is 7.98. The first-order valence-electron chi connectivity index (χ1n) is 8.20. The highest BCUT2D eigenvalue weighted by molar-refractivity contribution is 14.1. The molecule has 0 atom stereocenters. The van der Waals surface area contributed by atoms with Crippen LogP contribution in [0.1, 0.15) is 17.3 Å². The van der Waals surface area contributed by atoms with Gasteiger partial charge in [-0.2, -0.15) is 4.99 Å². The zero-order chi connectivity index (χ0) is 20.3. The molecular formula is C19H16IN3O4S. The van der Waals surface area contributed by atoms with E-state index in [-0.39, 0.29) is 12.5 Å². The number of nitrogens with zero attached hydrogens (tertiary/aromatic N) is 2. The molecule has 1 aromatic heterocycles. The van der Waals surface area contributed by atoms with Crippen molar-refractivity contribution < 1.29 is 19.1 Å². The number of esters is 1. The number of thiazole rings is 1. The summed E-state index contributed by atoms with van der Waals surface area (Å²) < 4.78 is 7.98. The number of hydrogen-bond donors (Lipinski definition) is 1. The molecule has 144 valence electrons. The summed E-state index contributed by atoms with van der Waals surface area (Å²) in [5.41, 5.74) is 1.84. The van der Waals surface area contributed by atoms with Gasteiger partial charge in [0.1, 0.15) is 6.54 Å². The predicted molar refractivity (Wildman–Crippen MR) is 115 cm³/mol. The van der Waals surface area contributed by atoms with Crippen LogP contribution in [0.2, 0.25) is 0 Å². The fourth-order valence-electron chi connectivity index (χ4n) is 2.57. The monoisotopic (exact) mass is 509 g/mol. The van der Waals surface area contributed by atoms with Crippen molar-refractivity contribution in [1.29, 1.82) is 0 Å². The maximum Gasteiger partial charge on any atom is 0.325 e. The van der Waals surface area contributed by atoms with Gasteiger partial charge < -0.3 is 14.6 Å². The highest BCUT2D eigenvalue weighted by atomic mass is 127. The molecule has 0 radical (unpaired) electrons. The van der Waals surface area contributed by atoms with Crippen molar-refractivity contribution in [2.24, 2.45) is 4.99 Å². The van der Waals surface area contributed by atoms with E-state index in [0.29, 0.717) is 16.1 Å².